The molecule has 5 nitrogen and oxygen atoms in total. The fraction of sp³-hybridized carbons (Fsp3) is 0.500. The molecule has 0 amide bonds. The second-order valence-electron chi connectivity index (χ2n) is 4.21. The van der Waals surface area contributed by atoms with Gasteiger partial charge in [0.15, 0.2) is 0 Å². The molecule has 0 spiro atoms. The van der Waals surface area contributed by atoms with Crippen molar-refractivity contribution in [3.05, 3.63) is 32.5 Å². The van der Waals surface area contributed by atoms with Crippen molar-refractivity contribution in [2.24, 2.45) is 5.92 Å². The summed E-state index contributed by atoms with van der Waals surface area (Å²) in [6.07, 6.45) is 1.44. The highest BCUT2D eigenvalue weighted by molar-refractivity contribution is 9.10. The molecule has 0 aromatic heterocycles. The van der Waals surface area contributed by atoms with Gasteiger partial charge in [0.2, 0.25) is 0 Å². The van der Waals surface area contributed by atoms with Gasteiger partial charge in [-0.25, -0.2) is 4.39 Å². The van der Waals surface area contributed by atoms with Crippen molar-refractivity contribution in [3.63, 3.8) is 0 Å². The second kappa shape index (κ2) is 7.40. The summed E-state index contributed by atoms with van der Waals surface area (Å²) in [5, 5.41) is 22.7. The molecule has 0 aliphatic rings. The Balaban J connectivity index is 2.87. The highest BCUT2D eigenvalue weighted by atomic mass is 79.9. The molecule has 0 fully saturated rings. The summed E-state index contributed by atoms with van der Waals surface area (Å²) in [5.41, 5.74) is -0.0192. The van der Waals surface area contributed by atoms with Crippen LogP contribution in [0.3, 0.4) is 0 Å². The van der Waals surface area contributed by atoms with Crippen molar-refractivity contribution in [1.82, 2.24) is 0 Å². The molecular formula is C12H16BrFN2O3. The molecule has 0 bridgehead atoms. The molecule has 2 N–H and O–H groups in total. The molecule has 0 saturated heterocycles. The largest absolute Gasteiger partial charge is 0.396 e. The lowest BCUT2D eigenvalue weighted by molar-refractivity contribution is -0.384. The van der Waals surface area contributed by atoms with Crippen molar-refractivity contribution in [3.8, 4) is 0 Å². The SMILES string of the molecule is CCC(CCO)CNc1cc(F)c(Br)cc1[N+](=O)[O-]. The number of nitrogens with one attached hydrogen (secondary N) is 1. The average Bonchev–Trinajstić information content (AvgIpc) is 2.37. The van der Waals surface area contributed by atoms with Gasteiger partial charge in [0.25, 0.3) is 5.69 Å². The number of benzene rings is 1. The number of nitrogens with zero attached hydrogens (tertiary/aromatic N) is 1. The Morgan fingerprint density at radius 1 is 1.58 bits per heavy atom. The minimum absolute atomic E-state index is 0.0622. The number of anilines is 1. The number of nitro benzene ring substituents is 1. The van der Waals surface area contributed by atoms with E-state index in [2.05, 4.69) is 21.2 Å². The van der Waals surface area contributed by atoms with Crippen LogP contribution >= 0.6 is 15.9 Å². The number of halogens is 2. The fourth-order valence-corrected chi connectivity index (χ4v) is 2.05. The standard InChI is InChI=1S/C12H16BrFN2O3/c1-2-8(3-4-17)7-15-11-6-10(14)9(13)5-12(11)16(18)19/h5-6,8,15,17H,2-4,7H2,1H3. The Morgan fingerprint density at radius 2 is 2.26 bits per heavy atom. The van der Waals surface area contributed by atoms with Crippen LogP contribution in [0.25, 0.3) is 0 Å². The number of aliphatic hydroxyl groups is 1. The molecule has 19 heavy (non-hydrogen) atoms. The Bertz CT molecular complexity index is 457. The van der Waals surface area contributed by atoms with Crippen molar-refractivity contribution >= 4 is 27.3 Å². The van der Waals surface area contributed by atoms with Crippen LogP contribution in [-0.2, 0) is 0 Å². The summed E-state index contributed by atoms with van der Waals surface area (Å²) < 4.78 is 13.5. The molecule has 106 valence electrons. The quantitative estimate of drug-likeness (QED) is 0.592. The Hall–Kier alpha value is -1.21. The lowest BCUT2D eigenvalue weighted by Gasteiger charge is -2.15. The first-order valence-electron chi connectivity index (χ1n) is 5.97. The lowest BCUT2D eigenvalue weighted by atomic mass is 10.0. The van der Waals surface area contributed by atoms with Gasteiger partial charge in [0.1, 0.15) is 11.5 Å². The van der Waals surface area contributed by atoms with E-state index in [0.717, 1.165) is 18.6 Å². The van der Waals surface area contributed by atoms with E-state index in [1.165, 1.54) is 0 Å². The van der Waals surface area contributed by atoms with E-state index in [0.29, 0.717) is 13.0 Å². The molecule has 0 heterocycles. The zero-order chi connectivity index (χ0) is 14.4. The third kappa shape index (κ3) is 4.43. The van der Waals surface area contributed by atoms with Crippen LogP contribution in [0.2, 0.25) is 0 Å². The molecule has 1 atom stereocenters. The highest BCUT2D eigenvalue weighted by Crippen LogP contribution is 2.30. The predicted octanol–water partition coefficient (Wildman–Crippen LogP) is 3.32. The number of nitro groups is 1. The maximum Gasteiger partial charge on any atom is 0.293 e. The van der Waals surface area contributed by atoms with Crippen molar-refractivity contribution in [1.29, 1.82) is 0 Å². The van der Waals surface area contributed by atoms with Crippen LogP contribution in [0.5, 0.6) is 0 Å². The monoisotopic (exact) mass is 334 g/mol. The van der Waals surface area contributed by atoms with Crippen LogP contribution in [0, 0.1) is 21.8 Å². The number of aliphatic hydroxyl groups excluding tert-OH is 1. The summed E-state index contributed by atoms with van der Waals surface area (Å²) >= 11 is 2.93. The third-order valence-electron chi connectivity index (χ3n) is 2.93. The molecule has 0 aliphatic carbocycles. The average molecular weight is 335 g/mol. The van der Waals surface area contributed by atoms with E-state index >= 15 is 0 Å². The number of hydrogen-bond acceptors (Lipinski definition) is 4. The third-order valence-corrected chi connectivity index (χ3v) is 3.54. The van der Waals surface area contributed by atoms with Gasteiger partial charge in [0, 0.05) is 25.3 Å². The second-order valence-corrected chi connectivity index (χ2v) is 5.06. The Morgan fingerprint density at radius 3 is 2.79 bits per heavy atom. The molecule has 1 aromatic rings. The van der Waals surface area contributed by atoms with E-state index in [9.17, 15) is 14.5 Å². The van der Waals surface area contributed by atoms with E-state index in [1.54, 1.807) is 0 Å². The van der Waals surface area contributed by atoms with Crippen LogP contribution in [0.4, 0.5) is 15.8 Å². The van der Waals surface area contributed by atoms with Gasteiger partial charge in [-0.05, 0) is 28.3 Å². The molecule has 1 aromatic carbocycles. The van der Waals surface area contributed by atoms with E-state index < -0.39 is 10.7 Å². The molecule has 1 unspecified atom stereocenters. The fourth-order valence-electron chi connectivity index (χ4n) is 1.72. The van der Waals surface area contributed by atoms with Crippen LogP contribution in [0.15, 0.2) is 16.6 Å². The first-order chi connectivity index (χ1) is 8.99. The Kier molecular flexibility index (Phi) is 6.17. The van der Waals surface area contributed by atoms with Crippen LogP contribution in [0.1, 0.15) is 19.8 Å². The van der Waals surface area contributed by atoms with Crippen molar-refractivity contribution < 1.29 is 14.4 Å². The zero-order valence-corrected chi connectivity index (χ0v) is 12.1. The molecule has 0 aliphatic heterocycles. The predicted molar refractivity (Wildman–Crippen MR) is 74.7 cm³/mol. The van der Waals surface area contributed by atoms with Crippen LogP contribution in [-0.4, -0.2) is 23.2 Å². The summed E-state index contributed by atoms with van der Waals surface area (Å²) in [7, 11) is 0. The maximum atomic E-state index is 13.4. The molecule has 0 saturated carbocycles. The van der Waals surface area contributed by atoms with E-state index in [1.807, 2.05) is 6.92 Å². The topological polar surface area (TPSA) is 75.4 Å². The molecular weight excluding hydrogens is 319 g/mol. The van der Waals surface area contributed by atoms with Crippen molar-refractivity contribution in [2.75, 3.05) is 18.5 Å². The summed E-state index contributed by atoms with van der Waals surface area (Å²) in [4.78, 5) is 10.4. The summed E-state index contributed by atoms with van der Waals surface area (Å²) in [6.45, 7) is 2.49. The molecule has 1 rings (SSSR count). The van der Waals surface area contributed by atoms with E-state index in [4.69, 9.17) is 5.11 Å². The first kappa shape index (κ1) is 15.8. The normalized spacial score (nSPS) is 12.2. The van der Waals surface area contributed by atoms with Gasteiger partial charge in [0.05, 0.1) is 9.40 Å². The Labute approximate surface area is 119 Å². The number of rotatable bonds is 7. The lowest BCUT2D eigenvalue weighted by Crippen LogP contribution is -2.15. The zero-order valence-electron chi connectivity index (χ0n) is 10.5. The minimum atomic E-state index is -0.556. The van der Waals surface area contributed by atoms with Gasteiger partial charge < -0.3 is 10.4 Å². The van der Waals surface area contributed by atoms with E-state index in [-0.39, 0.29) is 28.4 Å². The van der Waals surface area contributed by atoms with Crippen LogP contribution < -0.4 is 5.32 Å². The summed E-state index contributed by atoms with van der Waals surface area (Å²) in [5.74, 6) is -0.361. The van der Waals surface area contributed by atoms with Gasteiger partial charge in [-0.15, -0.1) is 0 Å². The number of hydrogen-bond donors (Lipinski definition) is 2. The first-order valence-corrected chi connectivity index (χ1v) is 6.77. The van der Waals surface area contributed by atoms with Gasteiger partial charge in [-0.2, -0.15) is 0 Å². The van der Waals surface area contributed by atoms with Gasteiger partial charge >= 0.3 is 0 Å². The molecule has 7 heteroatoms. The minimum Gasteiger partial charge on any atom is -0.396 e. The smallest absolute Gasteiger partial charge is 0.293 e. The maximum absolute atomic E-state index is 13.4. The van der Waals surface area contributed by atoms with Gasteiger partial charge in [-0.3, -0.25) is 10.1 Å². The highest BCUT2D eigenvalue weighted by Gasteiger charge is 2.18. The molecule has 0 radical (unpaired) electrons. The van der Waals surface area contributed by atoms with Crippen molar-refractivity contribution in [2.45, 2.75) is 19.8 Å². The van der Waals surface area contributed by atoms with Gasteiger partial charge in [-0.1, -0.05) is 13.3 Å². The summed E-state index contributed by atoms with van der Waals surface area (Å²) in [6, 6.07) is 2.25.